The Balaban J connectivity index is 1.16. The van der Waals surface area contributed by atoms with Gasteiger partial charge in [-0.25, -0.2) is 0 Å². The zero-order valence-corrected chi connectivity index (χ0v) is 23.4. The van der Waals surface area contributed by atoms with Crippen LogP contribution in [0.2, 0.25) is 0 Å². The fourth-order valence-electron chi connectivity index (χ4n) is 4.87. The number of aromatic nitrogens is 4. The van der Waals surface area contributed by atoms with E-state index in [1.165, 1.54) is 5.56 Å². The van der Waals surface area contributed by atoms with E-state index in [0.29, 0.717) is 24.1 Å². The van der Waals surface area contributed by atoms with Gasteiger partial charge in [0.25, 0.3) is 5.89 Å². The van der Waals surface area contributed by atoms with E-state index in [-0.39, 0.29) is 12.0 Å². The summed E-state index contributed by atoms with van der Waals surface area (Å²) in [6, 6.07) is 22.6. The van der Waals surface area contributed by atoms with Gasteiger partial charge in [-0.3, -0.25) is 0 Å². The van der Waals surface area contributed by atoms with E-state index in [2.05, 4.69) is 76.4 Å². The predicted molar refractivity (Wildman–Crippen MR) is 151 cm³/mol. The molecule has 2 aromatic heterocycles. The third-order valence-corrected chi connectivity index (χ3v) is 7.45. The summed E-state index contributed by atoms with van der Waals surface area (Å²) < 4.78 is 16.6. The van der Waals surface area contributed by atoms with Gasteiger partial charge >= 0.3 is 0 Å². The topological polar surface area (TPSA) is 110 Å². The van der Waals surface area contributed by atoms with E-state index < -0.39 is 5.41 Å². The molecule has 0 unspecified atom stereocenters. The van der Waals surface area contributed by atoms with Gasteiger partial charge in [0.15, 0.2) is 5.82 Å². The first kappa shape index (κ1) is 27.3. The van der Waals surface area contributed by atoms with Crippen LogP contribution in [0, 0.1) is 11.3 Å². The molecule has 1 saturated heterocycles. The zero-order chi connectivity index (χ0) is 28.2. The van der Waals surface area contributed by atoms with Crippen LogP contribution in [0.4, 0.5) is 5.82 Å². The second kappa shape index (κ2) is 11.4. The van der Waals surface area contributed by atoms with Gasteiger partial charge in [0.05, 0.1) is 25.2 Å². The normalized spacial score (nSPS) is 15.0. The fourth-order valence-corrected chi connectivity index (χ4v) is 4.87. The number of methoxy groups -OCH3 is 1. The molecule has 3 heterocycles. The van der Waals surface area contributed by atoms with Crippen LogP contribution >= 0.6 is 0 Å². The third-order valence-electron chi connectivity index (χ3n) is 7.45. The van der Waals surface area contributed by atoms with Crippen LogP contribution in [0.5, 0.6) is 5.75 Å². The van der Waals surface area contributed by atoms with E-state index in [4.69, 9.17) is 13.9 Å². The number of nitriles is 1. The Kier molecular flexibility index (Phi) is 7.81. The molecule has 1 aliphatic heterocycles. The monoisotopic (exact) mass is 538 g/mol. The first-order valence-electron chi connectivity index (χ1n) is 13.4. The summed E-state index contributed by atoms with van der Waals surface area (Å²) in [6.07, 6.45) is 1.46. The minimum Gasteiger partial charge on any atom is -0.497 e. The lowest BCUT2D eigenvalue weighted by atomic mass is 9.73. The summed E-state index contributed by atoms with van der Waals surface area (Å²) in [5.41, 5.74) is 3.47. The summed E-state index contributed by atoms with van der Waals surface area (Å²) in [7, 11) is 1.64. The molecule has 0 bridgehead atoms. The van der Waals surface area contributed by atoms with Gasteiger partial charge < -0.3 is 18.8 Å². The van der Waals surface area contributed by atoms with Crippen molar-refractivity contribution in [3.8, 4) is 23.4 Å². The maximum atomic E-state index is 10.1. The number of ether oxygens (including phenoxy) is 2. The molecule has 2 aromatic carbocycles. The molecule has 206 valence electrons. The lowest BCUT2D eigenvalue weighted by Crippen LogP contribution is -2.42. The lowest BCUT2D eigenvalue weighted by molar-refractivity contribution is 0.0898. The molecule has 0 atom stereocenters. The number of hydrogen-bond acceptors (Lipinski definition) is 9. The molecule has 9 nitrogen and oxygen atoms in total. The number of benzene rings is 2. The molecular weight excluding hydrogens is 504 g/mol. The molecule has 0 radical (unpaired) electrons. The number of anilines is 1. The molecular formula is C31H34N6O3. The predicted octanol–water partition coefficient (Wildman–Crippen LogP) is 5.61. The Morgan fingerprint density at radius 3 is 2.23 bits per heavy atom. The van der Waals surface area contributed by atoms with E-state index in [0.717, 1.165) is 48.6 Å². The number of nitrogens with zero attached hydrogens (tertiary/aromatic N) is 6. The maximum absolute atomic E-state index is 10.1. The van der Waals surface area contributed by atoms with Gasteiger partial charge in [-0.2, -0.15) is 5.26 Å². The van der Waals surface area contributed by atoms with Crippen molar-refractivity contribution in [3.63, 3.8) is 0 Å². The minimum atomic E-state index is -0.490. The molecule has 9 heteroatoms. The van der Waals surface area contributed by atoms with Crippen molar-refractivity contribution >= 4 is 5.82 Å². The maximum Gasteiger partial charge on any atom is 0.268 e. The summed E-state index contributed by atoms with van der Waals surface area (Å²) >= 11 is 0. The number of hydrogen-bond donors (Lipinski definition) is 0. The molecule has 0 amide bonds. The fraction of sp³-hybridized carbons (Fsp3) is 0.387. The van der Waals surface area contributed by atoms with Crippen molar-refractivity contribution in [1.29, 1.82) is 5.26 Å². The van der Waals surface area contributed by atoms with Crippen LogP contribution in [-0.4, -0.2) is 40.6 Å². The van der Waals surface area contributed by atoms with Crippen molar-refractivity contribution in [1.82, 2.24) is 20.4 Å². The molecule has 4 aromatic rings. The van der Waals surface area contributed by atoms with Gasteiger partial charge in [0.2, 0.25) is 5.89 Å². The quantitative estimate of drug-likeness (QED) is 0.283. The molecule has 5 rings (SSSR count). The van der Waals surface area contributed by atoms with Crippen molar-refractivity contribution in [2.24, 2.45) is 0 Å². The summed E-state index contributed by atoms with van der Waals surface area (Å²) in [5, 5.41) is 27.0. The Labute approximate surface area is 234 Å². The van der Waals surface area contributed by atoms with Crippen molar-refractivity contribution in [2.75, 3.05) is 25.1 Å². The molecule has 1 fully saturated rings. The van der Waals surface area contributed by atoms with Gasteiger partial charge in [0.1, 0.15) is 18.1 Å². The Morgan fingerprint density at radius 2 is 1.62 bits per heavy atom. The SMILES string of the molecule is COc1ccc(COCc2nnc(-c3ccc(N4CCC(C#N)(c5ccc(C(C)(C)C)cc5)CC4)nn3)o2)cc1. The third kappa shape index (κ3) is 5.97. The highest BCUT2D eigenvalue weighted by atomic mass is 16.5. The van der Waals surface area contributed by atoms with E-state index >= 15 is 0 Å². The molecule has 40 heavy (non-hydrogen) atoms. The first-order chi connectivity index (χ1) is 19.3. The van der Waals surface area contributed by atoms with Gasteiger partial charge in [0, 0.05) is 13.1 Å². The van der Waals surface area contributed by atoms with Crippen molar-refractivity contribution < 1.29 is 13.9 Å². The number of piperidine rings is 1. The Morgan fingerprint density at radius 1 is 0.900 bits per heavy atom. The van der Waals surface area contributed by atoms with Crippen LogP contribution in [0.15, 0.2) is 65.1 Å². The van der Waals surface area contributed by atoms with Gasteiger partial charge in [-0.15, -0.1) is 20.4 Å². The molecule has 0 saturated carbocycles. The second-order valence-corrected chi connectivity index (χ2v) is 11.1. The van der Waals surface area contributed by atoms with E-state index in [1.807, 2.05) is 36.4 Å². The highest BCUT2D eigenvalue weighted by Crippen LogP contribution is 2.37. The average Bonchev–Trinajstić information content (AvgIpc) is 3.46. The highest BCUT2D eigenvalue weighted by Gasteiger charge is 2.37. The summed E-state index contributed by atoms with van der Waals surface area (Å²) in [4.78, 5) is 2.17. The second-order valence-electron chi connectivity index (χ2n) is 11.1. The largest absolute Gasteiger partial charge is 0.497 e. The summed E-state index contributed by atoms with van der Waals surface area (Å²) in [5.74, 6) is 2.23. The zero-order valence-electron chi connectivity index (χ0n) is 23.4. The molecule has 0 spiro atoms. The van der Waals surface area contributed by atoms with Crippen LogP contribution in [0.1, 0.15) is 56.2 Å². The Hall–Kier alpha value is -4.29. The van der Waals surface area contributed by atoms with Crippen molar-refractivity contribution in [3.05, 3.63) is 83.2 Å². The van der Waals surface area contributed by atoms with Crippen LogP contribution in [0.3, 0.4) is 0 Å². The van der Waals surface area contributed by atoms with Crippen LogP contribution in [-0.2, 0) is 28.8 Å². The van der Waals surface area contributed by atoms with Gasteiger partial charge in [-0.05, 0) is 59.2 Å². The van der Waals surface area contributed by atoms with E-state index in [1.54, 1.807) is 7.11 Å². The number of rotatable bonds is 8. The molecule has 0 aliphatic carbocycles. The van der Waals surface area contributed by atoms with Crippen LogP contribution in [0.25, 0.3) is 11.6 Å². The smallest absolute Gasteiger partial charge is 0.268 e. The van der Waals surface area contributed by atoms with Crippen LogP contribution < -0.4 is 9.64 Å². The average molecular weight is 539 g/mol. The summed E-state index contributed by atoms with van der Waals surface area (Å²) in [6.45, 7) is 8.65. The molecule has 1 aliphatic rings. The standard InChI is InChI=1S/C31H34N6O3/c1-30(2,3)23-7-9-24(10-8-23)31(21-32)15-17-37(18-16-31)27-14-13-26(33-34-27)29-36-35-28(40-29)20-39-19-22-5-11-25(38-4)12-6-22/h5-14H,15-20H2,1-4H3. The lowest BCUT2D eigenvalue weighted by Gasteiger charge is -2.38. The van der Waals surface area contributed by atoms with Crippen molar-refractivity contribution in [2.45, 2.75) is 57.7 Å². The highest BCUT2D eigenvalue weighted by molar-refractivity contribution is 5.50. The minimum absolute atomic E-state index is 0.0843. The molecule has 0 N–H and O–H groups in total. The first-order valence-corrected chi connectivity index (χ1v) is 13.4. The van der Waals surface area contributed by atoms with E-state index in [9.17, 15) is 5.26 Å². The Bertz CT molecular complexity index is 1440. The van der Waals surface area contributed by atoms with Gasteiger partial charge in [-0.1, -0.05) is 57.2 Å².